The Hall–Kier alpha value is -1.16. The molecule has 0 atom stereocenters. The minimum atomic E-state index is 0.296. The third kappa shape index (κ3) is 1.04. The lowest BCUT2D eigenvalue weighted by atomic mass is 10.4. The number of aromatic nitrogens is 1. The minimum Gasteiger partial charge on any atom is -0.450 e. The van der Waals surface area contributed by atoms with Crippen LogP contribution in [0.4, 0.5) is 0 Å². The normalized spacial score (nSPS) is 10.4. The Labute approximate surface area is 76.5 Å². The van der Waals surface area contributed by atoms with Crippen molar-refractivity contribution in [1.82, 2.24) is 4.98 Å². The van der Waals surface area contributed by atoms with Crippen LogP contribution in [-0.4, -0.2) is 11.3 Å². The second kappa shape index (κ2) is 2.71. The molecular formula is C8H4BrNO2. The van der Waals surface area contributed by atoms with Crippen LogP contribution < -0.4 is 0 Å². The predicted octanol–water partition coefficient (Wildman–Crippen LogP) is 2.40. The highest BCUT2D eigenvalue weighted by Crippen LogP contribution is 2.24. The molecule has 2 aromatic heterocycles. The number of aldehydes is 1. The quantitative estimate of drug-likeness (QED) is 0.701. The third-order valence-corrected chi connectivity index (χ3v) is 2.12. The lowest BCUT2D eigenvalue weighted by Gasteiger charge is -1.88. The SMILES string of the molecule is O=Cc1cc2nccc(Br)c2o1. The minimum absolute atomic E-state index is 0.296. The van der Waals surface area contributed by atoms with Gasteiger partial charge in [-0.3, -0.25) is 9.78 Å². The smallest absolute Gasteiger partial charge is 0.185 e. The molecule has 12 heavy (non-hydrogen) atoms. The summed E-state index contributed by atoms with van der Waals surface area (Å²) in [6.07, 6.45) is 2.31. The maximum Gasteiger partial charge on any atom is 0.185 e. The molecule has 0 saturated heterocycles. The van der Waals surface area contributed by atoms with E-state index in [1.54, 1.807) is 18.3 Å². The van der Waals surface area contributed by atoms with Crippen molar-refractivity contribution in [2.24, 2.45) is 0 Å². The van der Waals surface area contributed by atoms with Gasteiger partial charge in [-0.05, 0) is 22.0 Å². The van der Waals surface area contributed by atoms with E-state index in [1.165, 1.54) is 0 Å². The van der Waals surface area contributed by atoms with E-state index in [9.17, 15) is 4.79 Å². The molecule has 0 aliphatic carbocycles. The molecular weight excluding hydrogens is 222 g/mol. The molecule has 2 rings (SSSR count). The largest absolute Gasteiger partial charge is 0.450 e. The van der Waals surface area contributed by atoms with E-state index < -0.39 is 0 Å². The van der Waals surface area contributed by atoms with Crippen molar-refractivity contribution in [3.8, 4) is 0 Å². The van der Waals surface area contributed by atoms with Gasteiger partial charge in [0.05, 0.1) is 4.47 Å². The maximum atomic E-state index is 10.4. The molecule has 0 unspecified atom stereocenters. The number of hydrogen-bond donors (Lipinski definition) is 0. The third-order valence-electron chi connectivity index (χ3n) is 1.50. The van der Waals surface area contributed by atoms with Gasteiger partial charge in [0.2, 0.25) is 0 Å². The molecule has 0 aromatic carbocycles. The first-order valence-corrected chi connectivity index (χ1v) is 4.10. The van der Waals surface area contributed by atoms with Crippen molar-refractivity contribution in [2.45, 2.75) is 0 Å². The fourth-order valence-corrected chi connectivity index (χ4v) is 1.39. The van der Waals surface area contributed by atoms with Gasteiger partial charge in [0, 0.05) is 12.3 Å². The Morgan fingerprint density at radius 3 is 3.08 bits per heavy atom. The summed E-state index contributed by atoms with van der Waals surface area (Å²) >= 11 is 3.29. The van der Waals surface area contributed by atoms with E-state index in [-0.39, 0.29) is 0 Å². The molecule has 0 saturated carbocycles. The molecule has 2 heterocycles. The fourth-order valence-electron chi connectivity index (χ4n) is 0.984. The second-order valence-corrected chi connectivity index (χ2v) is 3.13. The molecule has 0 radical (unpaired) electrons. The monoisotopic (exact) mass is 225 g/mol. The molecule has 2 aromatic rings. The highest BCUT2D eigenvalue weighted by molar-refractivity contribution is 9.10. The molecule has 0 spiro atoms. The summed E-state index contributed by atoms with van der Waals surface area (Å²) in [6.45, 7) is 0. The van der Waals surface area contributed by atoms with E-state index in [4.69, 9.17) is 4.42 Å². The second-order valence-electron chi connectivity index (χ2n) is 2.27. The number of carbonyl (C=O) groups is 1. The number of pyridine rings is 1. The van der Waals surface area contributed by atoms with Crippen LogP contribution in [0.1, 0.15) is 10.6 Å². The summed E-state index contributed by atoms with van der Waals surface area (Å²) < 4.78 is 5.98. The molecule has 0 aliphatic heterocycles. The lowest BCUT2D eigenvalue weighted by molar-refractivity contribution is 0.110. The van der Waals surface area contributed by atoms with Crippen LogP contribution in [-0.2, 0) is 0 Å². The molecule has 4 heteroatoms. The van der Waals surface area contributed by atoms with Gasteiger partial charge in [-0.1, -0.05) is 0 Å². The fraction of sp³-hybridized carbons (Fsp3) is 0. The number of nitrogens with zero attached hydrogens (tertiary/aromatic N) is 1. The number of hydrogen-bond acceptors (Lipinski definition) is 3. The van der Waals surface area contributed by atoms with Gasteiger partial charge in [0.15, 0.2) is 17.6 Å². The molecule has 0 bridgehead atoms. The number of carbonyl (C=O) groups excluding carboxylic acids is 1. The Balaban J connectivity index is 2.82. The number of rotatable bonds is 1. The first-order chi connectivity index (χ1) is 5.81. The number of fused-ring (bicyclic) bond motifs is 1. The Kier molecular flexibility index (Phi) is 1.69. The molecule has 0 N–H and O–H groups in total. The van der Waals surface area contributed by atoms with Gasteiger partial charge in [-0.2, -0.15) is 0 Å². The van der Waals surface area contributed by atoms with Gasteiger partial charge in [0.25, 0.3) is 0 Å². The average Bonchev–Trinajstić information content (AvgIpc) is 2.49. The Bertz CT molecular complexity index is 436. The van der Waals surface area contributed by atoms with Crippen LogP contribution in [0.2, 0.25) is 0 Å². The van der Waals surface area contributed by atoms with Crippen molar-refractivity contribution in [3.05, 3.63) is 28.6 Å². The summed E-state index contributed by atoms with van der Waals surface area (Å²) in [4.78, 5) is 14.4. The Morgan fingerprint density at radius 2 is 2.42 bits per heavy atom. The van der Waals surface area contributed by atoms with Gasteiger partial charge in [-0.15, -0.1) is 0 Å². The van der Waals surface area contributed by atoms with Crippen molar-refractivity contribution < 1.29 is 9.21 Å². The maximum absolute atomic E-state index is 10.4. The van der Waals surface area contributed by atoms with Crippen molar-refractivity contribution in [3.63, 3.8) is 0 Å². The molecule has 0 aliphatic rings. The van der Waals surface area contributed by atoms with Crippen LogP contribution in [0, 0.1) is 0 Å². The molecule has 0 fully saturated rings. The number of halogens is 1. The van der Waals surface area contributed by atoms with Crippen LogP contribution in [0.5, 0.6) is 0 Å². The Morgan fingerprint density at radius 1 is 1.58 bits per heavy atom. The summed E-state index contributed by atoms with van der Waals surface area (Å²) in [6, 6.07) is 3.37. The van der Waals surface area contributed by atoms with E-state index in [2.05, 4.69) is 20.9 Å². The standard InChI is InChI=1S/C8H4BrNO2/c9-6-1-2-10-7-3-5(4-11)12-8(6)7/h1-4H. The van der Waals surface area contributed by atoms with E-state index in [0.29, 0.717) is 23.1 Å². The summed E-state index contributed by atoms with van der Waals surface area (Å²) in [5.74, 6) is 0.296. The average molecular weight is 226 g/mol. The highest BCUT2D eigenvalue weighted by atomic mass is 79.9. The lowest BCUT2D eigenvalue weighted by Crippen LogP contribution is -1.71. The first kappa shape index (κ1) is 7.49. The molecule has 3 nitrogen and oxygen atoms in total. The van der Waals surface area contributed by atoms with Crippen LogP contribution in [0.25, 0.3) is 11.1 Å². The van der Waals surface area contributed by atoms with Gasteiger partial charge >= 0.3 is 0 Å². The van der Waals surface area contributed by atoms with Crippen molar-refractivity contribution >= 4 is 33.3 Å². The zero-order valence-electron chi connectivity index (χ0n) is 5.95. The molecule has 0 amide bonds. The zero-order valence-corrected chi connectivity index (χ0v) is 7.54. The first-order valence-electron chi connectivity index (χ1n) is 3.30. The summed E-state index contributed by atoms with van der Waals surface area (Å²) in [7, 11) is 0. The van der Waals surface area contributed by atoms with E-state index in [0.717, 1.165) is 4.47 Å². The predicted molar refractivity (Wildman–Crippen MR) is 47.1 cm³/mol. The van der Waals surface area contributed by atoms with Crippen LogP contribution >= 0.6 is 15.9 Å². The van der Waals surface area contributed by atoms with Gasteiger partial charge in [-0.25, -0.2) is 0 Å². The number of furan rings is 1. The topological polar surface area (TPSA) is 43.1 Å². The van der Waals surface area contributed by atoms with Crippen LogP contribution in [0.3, 0.4) is 0 Å². The van der Waals surface area contributed by atoms with Crippen LogP contribution in [0.15, 0.2) is 27.2 Å². The van der Waals surface area contributed by atoms with Crippen molar-refractivity contribution in [1.29, 1.82) is 0 Å². The van der Waals surface area contributed by atoms with Gasteiger partial charge < -0.3 is 4.42 Å². The van der Waals surface area contributed by atoms with E-state index >= 15 is 0 Å². The highest BCUT2D eigenvalue weighted by Gasteiger charge is 2.05. The van der Waals surface area contributed by atoms with Crippen molar-refractivity contribution in [2.75, 3.05) is 0 Å². The summed E-state index contributed by atoms with van der Waals surface area (Å²) in [5, 5.41) is 0. The van der Waals surface area contributed by atoms with E-state index in [1.807, 2.05) is 0 Å². The van der Waals surface area contributed by atoms with Gasteiger partial charge in [0.1, 0.15) is 5.52 Å². The molecule has 60 valence electrons. The zero-order chi connectivity index (χ0) is 8.55. The summed E-state index contributed by atoms with van der Waals surface area (Å²) in [5.41, 5.74) is 1.30.